The molecule has 0 aromatic carbocycles. The molecule has 2 aliphatic carbocycles. The number of hydrogen-bond donors (Lipinski definition) is 1. The lowest BCUT2D eigenvalue weighted by Gasteiger charge is -2.45. The van der Waals surface area contributed by atoms with Crippen LogP contribution >= 0.6 is 0 Å². The molecule has 0 bridgehead atoms. The Morgan fingerprint density at radius 2 is 1.97 bits per heavy atom. The Kier molecular flexibility index (Phi) is 10.4. The first kappa shape index (κ1) is 24.1. The molecule has 0 aromatic rings. The minimum atomic E-state index is -0.359. The second kappa shape index (κ2) is 12.5. The molecule has 4 heteroatoms. The van der Waals surface area contributed by atoms with E-state index in [2.05, 4.69) is 13.0 Å². The van der Waals surface area contributed by atoms with Crippen molar-refractivity contribution in [3.8, 4) is 0 Å². The van der Waals surface area contributed by atoms with Crippen molar-refractivity contribution in [2.45, 2.75) is 110 Å². The van der Waals surface area contributed by atoms with Crippen LogP contribution in [0.5, 0.6) is 0 Å². The zero-order valence-electron chi connectivity index (χ0n) is 18.7. The Labute approximate surface area is 177 Å². The van der Waals surface area contributed by atoms with Gasteiger partial charge in [-0.15, -0.1) is 0 Å². The number of unbranched alkanes of at least 4 members (excludes halogenated alkanes) is 4. The van der Waals surface area contributed by atoms with Crippen LogP contribution in [-0.4, -0.2) is 29.6 Å². The van der Waals surface area contributed by atoms with Gasteiger partial charge in [0.05, 0.1) is 12.7 Å². The zero-order valence-corrected chi connectivity index (χ0v) is 18.7. The summed E-state index contributed by atoms with van der Waals surface area (Å²) in [5, 5.41) is 10.8. The normalized spacial score (nSPS) is 24.6. The minimum absolute atomic E-state index is 0.101. The fraction of sp³-hybridized carbons (Fsp3) is 0.840. The van der Waals surface area contributed by atoms with Gasteiger partial charge in [0.2, 0.25) is 0 Å². The average molecular weight is 407 g/mol. The molecule has 2 saturated carbocycles. The van der Waals surface area contributed by atoms with E-state index in [0.717, 1.165) is 57.8 Å². The van der Waals surface area contributed by atoms with Gasteiger partial charge in [-0.2, -0.15) is 0 Å². The van der Waals surface area contributed by atoms with Gasteiger partial charge in [-0.05, 0) is 56.8 Å². The van der Waals surface area contributed by atoms with Gasteiger partial charge in [-0.1, -0.05) is 57.6 Å². The molecule has 1 unspecified atom stereocenters. The second-order valence-corrected chi connectivity index (χ2v) is 9.18. The fourth-order valence-electron chi connectivity index (χ4n) is 5.07. The van der Waals surface area contributed by atoms with Crippen molar-refractivity contribution >= 4 is 11.8 Å². The van der Waals surface area contributed by atoms with E-state index in [4.69, 9.17) is 4.74 Å². The first-order valence-corrected chi connectivity index (χ1v) is 12.1. The summed E-state index contributed by atoms with van der Waals surface area (Å²) in [6.45, 7) is 4.49. The average Bonchev–Trinajstić information content (AvgIpc) is 3.02. The standard InChI is InChI=1S/C25H42O4/c1-3-5-17-25(18-10-19-25)23(27)16-14-20-13-15-22(26)21(20)11-8-6-7-9-12-24(28)29-4-2/h14,16,20-21,23,27H,3-13,15,17-19H2,1-2H3/b16-14+/t20?,21-,23+/m1/s1. The van der Waals surface area contributed by atoms with E-state index < -0.39 is 0 Å². The van der Waals surface area contributed by atoms with Crippen LogP contribution in [0, 0.1) is 17.3 Å². The molecule has 1 N–H and O–H groups in total. The molecule has 0 aliphatic heterocycles. The van der Waals surface area contributed by atoms with Gasteiger partial charge in [0.1, 0.15) is 5.78 Å². The maximum atomic E-state index is 12.4. The van der Waals surface area contributed by atoms with Gasteiger partial charge in [0, 0.05) is 18.8 Å². The van der Waals surface area contributed by atoms with Crippen LogP contribution in [0.25, 0.3) is 0 Å². The zero-order chi connectivity index (χ0) is 21.1. The van der Waals surface area contributed by atoms with Crippen molar-refractivity contribution in [1.82, 2.24) is 0 Å². The maximum absolute atomic E-state index is 12.4. The largest absolute Gasteiger partial charge is 0.466 e. The minimum Gasteiger partial charge on any atom is -0.466 e. The predicted octanol–water partition coefficient (Wildman–Crippen LogP) is 5.76. The second-order valence-electron chi connectivity index (χ2n) is 9.18. The Morgan fingerprint density at radius 1 is 1.21 bits per heavy atom. The van der Waals surface area contributed by atoms with Crippen LogP contribution in [0.1, 0.15) is 104 Å². The SMILES string of the molecule is CCCCC1([C@@H](O)/C=C/C2CCC(=O)[C@@H]2CCCCCCC(=O)OCC)CCC1. The first-order valence-electron chi connectivity index (χ1n) is 12.1. The number of hydrogen-bond acceptors (Lipinski definition) is 4. The number of ether oxygens (including phenoxy) is 1. The molecule has 166 valence electrons. The van der Waals surface area contributed by atoms with Gasteiger partial charge >= 0.3 is 5.97 Å². The molecule has 2 fully saturated rings. The van der Waals surface area contributed by atoms with Crippen LogP contribution in [0.15, 0.2) is 12.2 Å². The molecule has 0 spiro atoms. The number of ketones is 1. The molecule has 3 atom stereocenters. The summed E-state index contributed by atoms with van der Waals surface area (Å²) in [4.78, 5) is 23.7. The molecule has 0 aromatic heterocycles. The molecule has 2 rings (SSSR count). The van der Waals surface area contributed by atoms with Crippen molar-refractivity contribution in [3.05, 3.63) is 12.2 Å². The highest BCUT2D eigenvalue weighted by molar-refractivity contribution is 5.83. The van der Waals surface area contributed by atoms with E-state index in [1.807, 2.05) is 13.0 Å². The van der Waals surface area contributed by atoms with Gasteiger partial charge < -0.3 is 9.84 Å². The summed E-state index contributed by atoms with van der Waals surface area (Å²) in [7, 11) is 0. The molecular formula is C25H42O4. The molecular weight excluding hydrogens is 364 g/mol. The monoisotopic (exact) mass is 406 g/mol. The highest BCUT2D eigenvalue weighted by atomic mass is 16.5. The summed E-state index contributed by atoms with van der Waals surface area (Å²) in [5.41, 5.74) is 0.101. The smallest absolute Gasteiger partial charge is 0.305 e. The number of aliphatic hydroxyl groups is 1. The highest BCUT2D eigenvalue weighted by Gasteiger charge is 2.42. The van der Waals surface area contributed by atoms with Crippen LogP contribution in [0.4, 0.5) is 0 Å². The third kappa shape index (κ3) is 7.24. The lowest BCUT2D eigenvalue weighted by molar-refractivity contribution is -0.143. The lowest BCUT2D eigenvalue weighted by atomic mass is 9.62. The predicted molar refractivity (Wildman–Crippen MR) is 117 cm³/mol. The van der Waals surface area contributed by atoms with Crippen LogP contribution in [-0.2, 0) is 14.3 Å². The molecule has 2 aliphatic rings. The van der Waals surface area contributed by atoms with E-state index in [-0.39, 0.29) is 23.4 Å². The fourth-order valence-corrected chi connectivity index (χ4v) is 5.07. The van der Waals surface area contributed by atoms with Gasteiger partial charge in [0.15, 0.2) is 0 Å². The van der Waals surface area contributed by atoms with Crippen LogP contribution in [0.3, 0.4) is 0 Å². The maximum Gasteiger partial charge on any atom is 0.305 e. The highest BCUT2D eigenvalue weighted by Crippen LogP contribution is 2.48. The number of carbonyl (C=O) groups is 2. The van der Waals surface area contributed by atoms with E-state index in [0.29, 0.717) is 31.1 Å². The van der Waals surface area contributed by atoms with Crippen molar-refractivity contribution in [2.24, 2.45) is 17.3 Å². The number of allylic oxidation sites excluding steroid dienone is 1. The topological polar surface area (TPSA) is 63.6 Å². The summed E-state index contributed by atoms with van der Waals surface area (Å²) in [6.07, 6.45) is 17.8. The Morgan fingerprint density at radius 3 is 2.62 bits per heavy atom. The van der Waals surface area contributed by atoms with E-state index in [1.165, 1.54) is 19.3 Å². The van der Waals surface area contributed by atoms with Gasteiger partial charge in [-0.25, -0.2) is 0 Å². The van der Waals surface area contributed by atoms with Crippen molar-refractivity contribution in [3.63, 3.8) is 0 Å². The number of carbonyl (C=O) groups excluding carboxylic acids is 2. The Bertz CT molecular complexity index is 535. The van der Waals surface area contributed by atoms with Gasteiger partial charge in [-0.3, -0.25) is 9.59 Å². The molecule has 4 nitrogen and oxygen atoms in total. The van der Waals surface area contributed by atoms with Crippen LogP contribution in [0.2, 0.25) is 0 Å². The molecule has 0 saturated heterocycles. The molecule has 0 heterocycles. The number of esters is 1. The summed E-state index contributed by atoms with van der Waals surface area (Å²) in [6, 6.07) is 0. The van der Waals surface area contributed by atoms with E-state index in [1.54, 1.807) is 0 Å². The first-order chi connectivity index (χ1) is 14.0. The van der Waals surface area contributed by atoms with Crippen molar-refractivity contribution in [2.75, 3.05) is 6.61 Å². The quantitative estimate of drug-likeness (QED) is 0.226. The summed E-state index contributed by atoms with van der Waals surface area (Å²) in [5.74, 6) is 0.701. The number of rotatable bonds is 14. The number of aliphatic hydroxyl groups excluding tert-OH is 1. The van der Waals surface area contributed by atoms with Gasteiger partial charge in [0.25, 0.3) is 0 Å². The molecule has 0 amide bonds. The lowest BCUT2D eigenvalue weighted by Crippen LogP contribution is -2.40. The van der Waals surface area contributed by atoms with Crippen LogP contribution < -0.4 is 0 Å². The Balaban J connectivity index is 1.73. The van der Waals surface area contributed by atoms with E-state index in [9.17, 15) is 14.7 Å². The molecule has 0 radical (unpaired) electrons. The van der Waals surface area contributed by atoms with Crippen molar-refractivity contribution < 1.29 is 19.4 Å². The number of Topliss-reactive ketones (excluding diaryl/α,β-unsaturated/α-hetero) is 1. The van der Waals surface area contributed by atoms with E-state index >= 15 is 0 Å². The Hall–Kier alpha value is -1.16. The summed E-state index contributed by atoms with van der Waals surface area (Å²) >= 11 is 0. The molecule has 29 heavy (non-hydrogen) atoms. The van der Waals surface area contributed by atoms with Crippen molar-refractivity contribution in [1.29, 1.82) is 0 Å². The third-order valence-corrected chi connectivity index (χ3v) is 7.15. The summed E-state index contributed by atoms with van der Waals surface area (Å²) < 4.78 is 4.95. The third-order valence-electron chi connectivity index (χ3n) is 7.15.